The lowest BCUT2D eigenvalue weighted by molar-refractivity contribution is 0.0957. The third-order valence-corrected chi connectivity index (χ3v) is 7.36. The van der Waals surface area contributed by atoms with Crippen molar-refractivity contribution in [2.45, 2.75) is 13.8 Å². The van der Waals surface area contributed by atoms with E-state index in [0.717, 1.165) is 22.2 Å². The fraction of sp³-hybridized carbons (Fsp3) is 0.0667. The lowest BCUT2D eigenvalue weighted by Gasteiger charge is -2.04. The lowest BCUT2D eigenvalue weighted by Crippen LogP contribution is -2.11. The molecule has 0 unspecified atom stereocenters. The van der Waals surface area contributed by atoms with Gasteiger partial charge < -0.3 is 9.97 Å². The summed E-state index contributed by atoms with van der Waals surface area (Å²) in [5.74, 6) is -0.338. The molecule has 0 aliphatic carbocycles. The van der Waals surface area contributed by atoms with Crippen LogP contribution in [0.25, 0.3) is 44.3 Å². The monoisotopic (exact) mass is 500 g/mol. The Balaban J connectivity index is 0.000000127. The van der Waals surface area contributed by atoms with E-state index >= 15 is 0 Å². The van der Waals surface area contributed by atoms with Gasteiger partial charge in [-0.1, -0.05) is 24.3 Å². The van der Waals surface area contributed by atoms with Gasteiger partial charge in [-0.3, -0.25) is 28.3 Å². The molecule has 0 saturated carbocycles. The summed E-state index contributed by atoms with van der Waals surface area (Å²) in [5.41, 5.74) is 6.32. The van der Waals surface area contributed by atoms with Crippen molar-refractivity contribution in [3.05, 3.63) is 116 Å². The van der Waals surface area contributed by atoms with E-state index in [9.17, 15) is 19.2 Å². The Kier molecular flexibility index (Phi) is 4.42. The zero-order valence-electron chi connectivity index (χ0n) is 20.5. The van der Waals surface area contributed by atoms with Crippen molar-refractivity contribution >= 4 is 33.6 Å². The van der Waals surface area contributed by atoms with Crippen LogP contribution in [0.2, 0.25) is 0 Å². The highest BCUT2D eigenvalue weighted by molar-refractivity contribution is 6.10. The van der Waals surface area contributed by atoms with Crippen molar-refractivity contribution in [1.29, 1.82) is 0 Å². The molecular weight excluding hydrogens is 480 g/mol. The summed E-state index contributed by atoms with van der Waals surface area (Å²) < 4.78 is 3.02. The Morgan fingerprint density at radius 2 is 0.974 bits per heavy atom. The number of aromatic nitrogens is 4. The van der Waals surface area contributed by atoms with Crippen LogP contribution in [0, 0.1) is 13.8 Å². The number of carbonyl (C=O) groups is 2. The van der Waals surface area contributed by atoms with Crippen LogP contribution in [0.4, 0.5) is 0 Å². The molecule has 2 aliphatic heterocycles. The predicted molar refractivity (Wildman–Crippen MR) is 145 cm³/mol. The number of fused-ring (bicyclic) bond motifs is 8. The van der Waals surface area contributed by atoms with Crippen molar-refractivity contribution in [2.75, 3.05) is 0 Å². The number of aromatic amines is 2. The maximum Gasteiger partial charge on any atom is 0.279 e. The largest absolute Gasteiger partial charge is 0.350 e. The van der Waals surface area contributed by atoms with Gasteiger partial charge in [-0.05, 0) is 61.4 Å². The Labute approximate surface area is 214 Å². The number of rotatable bonds is 0. The highest BCUT2D eigenvalue weighted by Crippen LogP contribution is 2.31. The van der Waals surface area contributed by atoms with Gasteiger partial charge in [0.25, 0.3) is 11.8 Å². The summed E-state index contributed by atoms with van der Waals surface area (Å²) in [6.45, 7) is 3.84. The summed E-state index contributed by atoms with van der Waals surface area (Å²) in [4.78, 5) is 55.9. The molecule has 6 aromatic rings. The van der Waals surface area contributed by atoms with Crippen LogP contribution in [0.3, 0.4) is 0 Å². The maximum atomic E-state index is 12.6. The molecule has 38 heavy (non-hydrogen) atoms. The normalized spacial score (nSPS) is 12.8. The first-order chi connectivity index (χ1) is 18.4. The van der Waals surface area contributed by atoms with Crippen molar-refractivity contribution < 1.29 is 9.59 Å². The Bertz CT molecular complexity index is 1980. The van der Waals surface area contributed by atoms with Crippen LogP contribution in [0.1, 0.15) is 32.1 Å². The number of carbonyl (C=O) groups excluding carboxylic acids is 2. The first-order valence-corrected chi connectivity index (χ1v) is 12.1. The number of pyridine rings is 2. The third-order valence-electron chi connectivity index (χ3n) is 7.36. The van der Waals surface area contributed by atoms with E-state index in [1.807, 2.05) is 38.1 Å². The van der Waals surface area contributed by atoms with Gasteiger partial charge in [0.2, 0.25) is 0 Å². The number of benzene rings is 2. The van der Waals surface area contributed by atoms with Crippen molar-refractivity contribution in [3.63, 3.8) is 0 Å². The van der Waals surface area contributed by atoms with Gasteiger partial charge in [-0.15, -0.1) is 0 Å². The fourth-order valence-corrected chi connectivity index (χ4v) is 5.49. The van der Waals surface area contributed by atoms with Crippen LogP contribution in [-0.2, 0) is 0 Å². The van der Waals surface area contributed by atoms with Crippen molar-refractivity contribution in [1.82, 2.24) is 19.1 Å². The molecule has 2 N–H and O–H groups in total. The minimum absolute atomic E-state index is 0.0850. The van der Waals surface area contributed by atoms with Crippen LogP contribution in [0.5, 0.6) is 0 Å². The van der Waals surface area contributed by atoms with Gasteiger partial charge in [-0.25, -0.2) is 0 Å². The van der Waals surface area contributed by atoms with E-state index in [1.54, 1.807) is 48.8 Å². The number of para-hydroxylation sites is 2. The van der Waals surface area contributed by atoms with E-state index in [-0.39, 0.29) is 22.7 Å². The van der Waals surface area contributed by atoms with Gasteiger partial charge in [0.05, 0.1) is 33.5 Å². The van der Waals surface area contributed by atoms with Crippen LogP contribution < -0.4 is 10.9 Å². The summed E-state index contributed by atoms with van der Waals surface area (Å²) in [7, 11) is 0. The second kappa shape index (κ2) is 7.63. The van der Waals surface area contributed by atoms with Crippen molar-refractivity contribution in [3.8, 4) is 22.5 Å². The highest BCUT2D eigenvalue weighted by Gasteiger charge is 2.31. The molecule has 184 valence electrons. The molecule has 0 saturated heterocycles. The number of nitrogens with one attached hydrogen (secondary N) is 2. The minimum Gasteiger partial charge on any atom is -0.350 e. The van der Waals surface area contributed by atoms with E-state index in [4.69, 9.17) is 0 Å². The quantitative estimate of drug-likeness (QED) is 0.317. The molecule has 6 heterocycles. The molecule has 0 atom stereocenters. The summed E-state index contributed by atoms with van der Waals surface area (Å²) in [5, 5.41) is 1.25. The molecule has 8 rings (SSSR count). The van der Waals surface area contributed by atoms with E-state index in [2.05, 4.69) is 9.97 Å². The Hall–Kier alpha value is -5.24. The summed E-state index contributed by atoms with van der Waals surface area (Å²) in [6.07, 6.45) is 3.37. The third kappa shape index (κ3) is 2.79. The van der Waals surface area contributed by atoms with Gasteiger partial charge in [0.15, 0.2) is 10.9 Å². The van der Waals surface area contributed by atoms with Gasteiger partial charge in [-0.2, -0.15) is 0 Å². The molecular formula is C30H20N4O4. The molecule has 2 aliphatic rings. The van der Waals surface area contributed by atoms with E-state index < -0.39 is 0 Å². The van der Waals surface area contributed by atoms with E-state index in [0.29, 0.717) is 44.7 Å². The molecule has 0 spiro atoms. The standard InChI is InChI=1S/2C15H10N2O2/c2*1-8-4-2-5-9-12(8)16-13-11(14(9)18)10-6-3-7-17(10)15(13)19/h2*2-7H,1H3,(H,16,18). The zero-order valence-corrected chi connectivity index (χ0v) is 20.5. The van der Waals surface area contributed by atoms with Crippen LogP contribution >= 0.6 is 0 Å². The number of aryl methyl sites for hydroxylation is 2. The fourth-order valence-electron chi connectivity index (χ4n) is 5.49. The molecule has 0 amide bonds. The van der Waals surface area contributed by atoms with Crippen LogP contribution in [0.15, 0.2) is 82.6 Å². The van der Waals surface area contributed by atoms with Gasteiger partial charge in [0, 0.05) is 23.2 Å². The molecule has 8 heteroatoms. The SMILES string of the molecule is Cc1cccc2c(=O)c3c([nH]c12)C(=O)n1cccc1-3.Cc1cccc2c(=O)c3c([nH]c12)C(=O)n1cccc1-3. The molecule has 0 radical (unpaired) electrons. The second-order valence-electron chi connectivity index (χ2n) is 9.54. The zero-order chi connectivity index (χ0) is 26.3. The van der Waals surface area contributed by atoms with Crippen LogP contribution in [-0.4, -0.2) is 30.9 Å². The smallest absolute Gasteiger partial charge is 0.279 e. The van der Waals surface area contributed by atoms with Gasteiger partial charge >= 0.3 is 0 Å². The Morgan fingerprint density at radius 1 is 0.553 bits per heavy atom. The highest BCUT2D eigenvalue weighted by atomic mass is 16.2. The van der Waals surface area contributed by atoms with Gasteiger partial charge in [0.1, 0.15) is 11.4 Å². The topological polar surface area (TPSA) is 110 Å². The number of nitrogens with zero attached hydrogens (tertiary/aromatic N) is 2. The average molecular weight is 501 g/mol. The molecule has 8 nitrogen and oxygen atoms in total. The Morgan fingerprint density at radius 3 is 1.39 bits per heavy atom. The second-order valence-corrected chi connectivity index (χ2v) is 9.54. The summed E-state index contributed by atoms with van der Waals surface area (Å²) in [6, 6.07) is 18.3. The maximum absolute atomic E-state index is 12.6. The molecule has 4 aromatic heterocycles. The summed E-state index contributed by atoms with van der Waals surface area (Å²) >= 11 is 0. The molecule has 0 bridgehead atoms. The number of H-pyrrole nitrogens is 2. The predicted octanol–water partition coefficient (Wildman–Crippen LogP) is 4.61. The van der Waals surface area contributed by atoms with E-state index in [1.165, 1.54) is 9.13 Å². The number of hydrogen-bond acceptors (Lipinski definition) is 4. The molecule has 0 fully saturated rings. The number of hydrogen-bond donors (Lipinski definition) is 2. The van der Waals surface area contributed by atoms with Crippen molar-refractivity contribution in [2.24, 2.45) is 0 Å². The molecule has 2 aromatic carbocycles. The minimum atomic E-state index is -0.169. The average Bonchev–Trinajstić information content (AvgIpc) is 3.67. The first kappa shape index (κ1) is 22.0. The first-order valence-electron chi connectivity index (χ1n) is 12.1. The lowest BCUT2D eigenvalue weighted by atomic mass is 10.0.